The van der Waals surface area contributed by atoms with Gasteiger partial charge in [-0.2, -0.15) is 0 Å². The first-order valence-electron chi connectivity index (χ1n) is 23.9. The molecule has 33 heteroatoms. The molecule has 0 aromatic heterocycles. The minimum atomic E-state index is -2.25. The number of carbonyl (C=O) groups is 3. The molecule has 3 amide bonds. The molecule has 30 atom stereocenters. The summed E-state index contributed by atoms with van der Waals surface area (Å²) in [4.78, 5) is 36.9. The quantitative estimate of drug-likeness (QED) is 0.0606. The van der Waals surface area contributed by atoms with Gasteiger partial charge in [-0.25, -0.2) is 0 Å². The molecule has 0 radical (unpaired) electrons. The Balaban J connectivity index is 1.25. The van der Waals surface area contributed by atoms with Crippen LogP contribution in [0.25, 0.3) is 0 Å². The van der Waals surface area contributed by atoms with E-state index in [0.717, 1.165) is 20.8 Å². The molecule has 0 spiro atoms. The topological polar surface area (TPSA) is 513 Å². The lowest BCUT2D eigenvalue weighted by Gasteiger charge is -2.50. The van der Waals surface area contributed by atoms with E-state index in [0.29, 0.717) is 0 Å². The highest BCUT2D eigenvalue weighted by Crippen LogP contribution is 2.36. The normalized spacial score (nSPS) is 48.6. The maximum atomic E-state index is 12.7. The van der Waals surface area contributed by atoms with Crippen LogP contribution < -0.4 is 16.0 Å². The third kappa shape index (κ3) is 13.7. The number of aliphatic hydroxyl groups is 16. The van der Waals surface area contributed by atoms with Crippen LogP contribution in [0.1, 0.15) is 27.7 Å². The molecule has 6 saturated heterocycles. The zero-order valence-electron chi connectivity index (χ0n) is 40.7. The van der Waals surface area contributed by atoms with Crippen LogP contribution in [-0.2, 0) is 66.5 Å². The van der Waals surface area contributed by atoms with Crippen molar-refractivity contribution in [2.75, 3.05) is 33.0 Å². The second kappa shape index (κ2) is 26.5. The fourth-order valence-electron chi connectivity index (χ4n) is 9.55. The van der Waals surface area contributed by atoms with E-state index in [1.807, 2.05) is 0 Å². The molecule has 6 rings (SSSR count). The van der Waals surface area contributed by atoms with E-state index in [1.54, 1.807) is 0 Å². The fourth-order valence-corrected chi connectivity index (χ4v) is 9.55. The summed E-state index contributed by atoms with van der Waals surface area (Å²) in [5.41, 5.74) is 0. The first-order chi connectivity index (χ1) is 35.4. The van der Waals surface area contributed by atoms with Crippen LogP contribution in [-0.4, -0.2) is 317 Å². The van der Waals surface area contributed by atoms with Crippen molar-refractivity contribution in [3.8, 4) is 0 Å². The van der Waals surface area contributed by atoms with E-state index in [2.05, 4.69) is 16.0 Å². The molecular weight excluding hydrogens is 1030 g/mol. The highest BCUT2D eigenvalue weighted by atomic mass is 16.8. The molecule has 6 aliphatic heterocycles. The monoisotopic (exact) mass is 1100 g/mol. The average Bonchev–Trinajstić information content (AvgIpc) is 3.36. The van der Waals surface area contributed by atoms with E-state index < -0.39 is 235 Å². The van der Waals surface area contributed by atoms with E-state index >= 15 is 0 Å². The van der Waals surface area contributed by atoms with Crippen molar-refractivity contribution in [1.29, 1.82) is 0 Å². The van der Waals surface area contributed by atoms with Crippen LogP contribution in [0.15, 0.2) is 0 Å². The third-order valence-electron chi connectivity index (χ3n) is 13.6. The molecule has 434 valence electrons. The number of hydrogen-bond donors (Lipinski definition) is 19. The number of rotatable bonds is 18. The fraction of sp³-hybridized carbons (Fsp3) is 0.929. The summed E-state index contributed by atoms with van der Waals surface area (Å²) in [5, 5.41) is 180. The Labute approximate surface area is 426 Å². The molecule has 0 aromatic carbocycles. The van der Waals surface area contributed by atoms with Gasteiger partial charge < -0.3 is 150 Å². The Morgan fingerprint density at radius 1 is 0.373 bits per heavy atom. The number of ether oxygens (including phenoxy) is 11. The lowest BCUT2D eigenvalue weighted by atomic mass is 9.93. The summed E-state index contributed by atoms with van der Waals surface area (Å²) < 4.78 is 63.7. The zero-order valence-corrected chi connectivity index (χ0v) is 40.7. The van der Waals surface area contributed by atoms with Gasteiger partial charge in [0, 0.05) is 20.8 Å². The van der Waals surface area contributed by atoms with E-state index in [9.17, 15) is 96.1 Å². The van der Waals surface area contributed by atoms with Crippen LogP contribution in [0.4, 0.5) is 0 Å². The largest absolute Gasteiger partial charge is 0.394 e. The summed E-state index contributed by atoms with van der Waals surface area (Å²) in [6.07, 6.45) is -49.7. The average molecular weight is 1100 g/mol. The highest BCUT2D eigenvalue weighted by Gasteiger charge is 2.58. The lowest BCUT2D eigenvalue weighted by Crippen LogP contribution is -2.70. The predicted octanol–water partition coefficient (Wildman–Crippen LogP) is -12.6. The van der Waals surface area contributed by atoms with Gasteiger partial charge in [0.1, 0.15) is 140 Å². The van der Waals surface area contributed by atoms with Gasteiger partial charge in [0.15, 0.2) is 37.7 Å². The maximum Gasteiger partial charge on any atom is 0.217 e. The molecule has 6 fully saturated rings. The van der Waals surface area contributed by atoms with Gasteiger partial charge in [0.25, 0.3) is 0 Å². The summed E-state index contributed by atoms with van der Waals surface area (Å²) in [6, 6.07) is -5.01. The zero-order chi connectivity index (χ0) is 55.5. The molecule has 0 aromatic rings. The Hall–Kier alpha value is -2.67. The minimum Gasteiger partial charge on any atom is -0.394 e. The van der Waals surface area contributed by atoms with Gasteiger partial charge in [0.05, 0.1) is 39.1 Å². The summed E-state index contributed by atoms with van der Waals surface area (Å²) in [7, 11) is 0. The molecule has 33 nitrogen and oxygen atoms in total. The number of hydrogen-bond acceptors (Lipinski definition) is 30. The molecular formula is C42H71N3O30. The Morgan fingerprint density at radius 2 is 0.800 bits per heavy atom. The van der Waals surface area contributed by atoms with Crippen LogP contribution in [0.3, 0.4) is 0 Å². The van der Waals surface area contributed by atoms with Gasteiger partial charge in [-0.3, -0.25) is 14.4 Å². The standard InChI is InChI=1S/C42H71N3O30/c1-10-22(53)29(60)31(62)40(66-10)65-9-18-34(27(58)19(37(64)67-18)43-11(2)50)72-39-21(45-13(4)52)28(59)33(17(8-49)71-39)73-41-32(63)35(25(56)16(7-48)69-41)74-42-36(30(61)24(55)15(6-47)70-42)75-38-20(44-12(3)51)26(57)23(54)14(5-46)68-38/h10,14-42,46-49,53-64H,5-9H2,1-4H3,(H,43,50)(H,44,51)(H,45,52)/t10-,14+,15+,16+,17+,18+,19+,20+,21+,22+,23+,24+,25+,26+,27+,28+,29+,30-,31-,32-,33+,34+,35-,36-,37-,38+,39-,40-,41-,42+/m0/s1. The highest BCUT2D eigenvalue weighted by molar-refractivity contribution is 5.74. The molecule has 0 unspecified atom stereocenters. The summed E-state index contributed by atoms with van der Waals surface area (Å²) in [5.74, 6) is -2.36. The molecule has 75 heavy (non-hydrogen) atoms. The molecule has 0 aliphatic carbocycles. The van der Waals surface area contributed by atoms with E-state index in [1.165, 1.54) is 6.92 Å². The number of carbonyl (C=O) groups excluding carboxylic acids is 3. The molecule has 0 bridgehead atoms. The molecule has 0 saturated carbocycles. The Morgan fingerprint density at radius 3 is 1.36 bits per heavy atom. The van der Waals surface area contributed by atoms with Gasteiger partial charge in [-0.1, -0.05) is 0 Å². The SMILES string of the molecule is CC(=O)N[C@@H]1[C@@H](O)[C@H](O[C@@H]2O[C@H](CO)[C@@H](O[C@@H]3O[C@H](CO)[C@@H](O)[C@H](O[C@H]4O[C@H](CO)[C@@H](O)[C@H](O)[C@@H]4O[C@H]4O[C@H](CO)[C@@H](O)[C@H](O)[C@H]4NC(C)=O)[C@@H]3O)[C@H](O)[C@H]2NC(C)=O)[C@@H](CO[C@H]2O[C@@H](C)[C@@H](O)[C@@H](O)[C@@H]2O)O[C@@H]1O. The summed E-state index contributed by atoms with van der Waals surface area (Å²) >= 11 is 0. The van der Waals surface area contributed by atoms with Crippen molar-refractivity contribution < 1.29 is 148 Å². The first-order valence-corrected chi connectivity index (χ1v) is 23.9. The van der Waals surface area contributed by atoms with Crippen LogP contribution >= 0.6 is 0 Å². The maximum absolute atomic E-state index is 12.7. The van der Waals surface area contributed by atoms with Crippen molar-refractivity contribution in [3.63, 3.8) is 0 Å². The van der Waals surface area contributed by atoms with Crippen LogP contribution in [0, 0.1) is 0 Å². The van der Waals surface area contributed by atoms with Gasteiger partial charge in [0.2, 0.25) is 17.7 Å². The van der Waals surface area contributed by atoms with Gasteiger partial charge in [-0.15, -0.1) is 0 Å². The predicted molar refractivity (Wildman–Crippen MR) is 233 cm³/mol. The van der Waals surface area contributed by atoms with E-state index in [-0.39, 0.29) is 0 Å². The van der Waals surface area contributed by atoms with Crippen LogP contribution in [0.5, 0.6) is 0 Å². The van der Waals surface area contributed by atoms with Gasteiger partial charge in [-0.05, 0) is 6.92 Å². The lowest BCUT2D eigenvalue weighted by molar-refractivity contribution is -0.392. The summed E-state index contributed by atoms with van der Waals surface area (Å²) in [6.45, 7) is -0.201. The smallest absolute Gasteiger partial charge is 0.217 e. The second-order valence-corrected chi connectivity index (χ2v) is 19.0. The second-order valence-electron chi connectivity index (χ2n) is 19.0. The third-order valence-corrected chi connectivity index (χ3v) is 13.6. The van der Waals surface area contributed by atoms with Crippen molar-refractivity contribution in [1.82, 2.24) is 16.0 Å². The van der Waals surface area contributed by atoms with E-state index in [4.69, 9.17) is 52.1 Å². The molecule has 6 heterocycles. The molecule has 19 N–H and O–H groups in total. The Kier molecular flexibility index (Phi) is 21.8. The number of amides is 3. The number of nitrogens with one attached hydrogen (secondary N) is 3. The van der Waals surface area contributed by atoms with Crippen LogP contribution in [0.2, 0.25) is 0 Å². The first kappa shape index (κ1) is 61.5. The number of aliphatic hydroxyl groups excluding tert-OH is 16. The van der Waals surface area contributed by atoms with Crippen molar-refractivity contribution in [2.24, 2.45) is 0 Å². The Bertz CT molecular complexity index is 1850. The minimum absolute atomic E-state index is 0.724. The van der Waals surface area contributed by atoms with Crippen molar-refractivity contribution in [2.45, 2.75) is 212 Å². The van der Waals surface area contributed by atoms with Gasteiger partial charge >= 0.3 is 0 Å². The van der Waals surface area contributed by atoms with Crippen molar-refractivity contribution in [3.05, 3.63) is 0 Å². The molecule has 6 aliphatic rings. The van der Waals surface area contributed by atoms with Crippen molar-refractivity contribution >= 4 is 17.7 Å².